The molecule has 5 N–H and O–H groups in total. The second-order valence-corrected chi connectivity index (χ2v) is 13.3. The van der Waals surface area contributed by atoms with E-state index >= 15 is 0 Å². The molecular formula is C28H46O7. The molecule has 10 unspecified atom stereocenters. The lowest BCUT2D eigenvalue weighted by atomic mass is 9.45. The first kappa shape index (κ1) is 27.2. The summed E-state index contributed by atoms with van der Waals surface area (Å²) in [5, 5.41) is 55.8. The molecule has 4 aliphatic carbocycles. The molecule has 3 fully saturated rings. The van der Waals surface area contributed by atoms with Gasteiger partial charge in [-0.3, -0.25) is 4.79 Å². The highest BCUT2D eigenvalue weighted by Crippen LogP contribution is 2.68. The Morgan fingerprint density at radius 2 is 1.77 bits per heavy atom. The van der Waals surface area contributed by atoms with E-state index in [1.165, 1.54) is 0 Å². The zero-order chi connectivity index (χ0) is 26.2. The van der Waals surface area contributed by atoms with Gasteiger partial charge in [-0.1, -0.05) is 13.8 Å². The van der Waals surface area contributed by atoms with Crippen molar-refractivity contribution in [2.75, 3.05) is 7.11 Å². The summed E-state index contributed by atoms with van der Waals surface area (Å²) in [4.78, 5) is 13.3. The van der Waals surface area contributed by atoms with Crippen molar-refractivity contribution >= 4 is 5.78 Å². The second kappa shape index (κ2) is 8.60. The summed E-state index contributed by atoms with van der Waals surface area (Å²) in [6.45, 7) is 9.61. The predicted molar refractivity (Wildman–Crippen MR) is 131 cm³/mol. The van der Waals surface area contributed by atoms with E-state index < -0.39 is 45.9 Å². The van der Waals surface area contributed by atoms with Crippen molar-refractivity contribution in [3.63, 3.8) is 0 Å². The Labute approximate surface area is 209 Å². The average Bonchev–Trinajstić information content (AvgIpc) is 3.06. The van der Waals surface area contributed by atoms with Crippen molar-refractivity contribution in [2.45, 2.75) is 121 Å². The lowest BCUT2D eigenvalue weighted by Gasteiger charge is -2.60. The molecule has 0 saturated heterocycles. The molecule has 7 heteroatoms. The van der Waals surface area contributed by atoms with E-state index in [-0.39, 0.29) is 30.0 Å². The van der Waals surface area contributed by atoms with Crippen LogP contribution in [0.15, 0.2) is 11.6 Å². The van der Waals surface area contributed by atoms with E-state index in [4.69, 9.17) is 4.74 Å². The number of aliphatic hydroxyl groups excluding tert-OH is 3. The summed E-state index contributed by atoms with van der Waals surface area (Å²) >= 11 is 0. The van der Waals surface area contributed by atoms with Crippen LogP contribution in [0.3, 0.4) is 0 Å². The van der Waals surface area contributed by atoms with Crippen LogP contribution in [0.5, 0.6) is 0 Å². The Morgan fingerprint density at radius 3 is 2.40 bits per heavy atom. The number of carbonyl (C=O) groups is 1. The zero-order valence-electron chi connectivity index (χ0n) is 22.3. The monoisotopic (exact) mass is 494 g/mol. The molecule has 200 valence electrons. The quantitative estimate of drug-likeness (QED) is 0.384. The molecule has 0 bridgehead atoms. The van der Waals surface area contributed by atoms with Gasteiger partial charge in [0, 0.05) is 18.4 Å². The summed E-state index contributed by atoms with van der Waals surface area (Å²) in [6.07, 6.45) is 2.74. The lowest BCUT2D eigenvalue weighted by molar-refractivity contribution is -0.177. The molecule has 0 aromatic rings. The number of ketones is 1. The van der Waals surface area contributed by atoms with Crippen LogP contribution in [-0.2, 0) is 9.53 Å². The van der Waals surface area contributed by atoms with Crippen LogP contribution >= 0.6 is 0 Å². The molecule has 0 spiro atoms. The van der Waals surface area contributed by atoms with Gasteiger partial charge in [-0.25, -0.2) is 0 Å². The summed E-state index contributed by atoms with van der Waals surface area (Å²) in [5.74, 6) is -0.864. The minimum atomic E-state index is -1.41. The van der Waals surface area contributed by atoms with Gasteiger partial charge in [0.2, 0.25) is 0 Å². The number of fused-ring (bicyclic) bond motifs is 5. The average molecular weight is 495 g/mol. The Kier molecular flexibility index (Phi) is 6.69. The molecule has 7 nitrogen and oxygen atoms in total. The van der Waals surface area contributed by atoms with Crippen molar-refractivity contribution in [2.24, 2.45) is 28.6 Å². The van der Waals surface area contributed by atoms with Gasteiger partial charge in [-0.2, -0.15) is 0 Å². The largest absolute Gasteiger partial charge is 0.390 e. The minimum absolute atomic E-state index is 0.0680. The molecule has 35 heavy (non-hydrogen) atoms. The first-order valence-corrected chi connectivity index (χ1v) is 13.3. The molecule has 4 aliphatic rings. The molecule has 0 amide bonds. The number of hydrogen-bond donors (Lipinski definition) is 5. The number of rotatable bonds is 6. The number of carbonyl (C=O) groups excluding carboxylic acids is 1. The molecule has 10 atom stereocenters. The Balaban J connectivity index is 1.64. The SMILES string of the molecule is COC(C)(C)CCC(O)C(C)(O)C1CCC2(O)C3=CC(=O)C4CC(O)C(O)CC4(C)C3CCC12C. The van der Waals surface area contributed by atoms with Crippen LogP contribution in [0.25, 0.3) is 0 Å². The number of ether oxygens (including phenoxy) is 1. The first-order chi connectivity index (χ1) is 16.0. The van der Waals surface area contributed by atoms with Crippen molar-refractivity contribution in [3.8, 4) is 0 Å². The van der Waals surface area contributed by atoms with E-state index in [2.05, 4.69) is 0 Å². The van der Waals surface area contributed by atoms with Gasteiger partial charge < -0.3 is 30.3 Å². The van der Waals surface area contributed by atoms with Gasteiger partial charge in [-0.15, -0.1) is 0 Å². The number of aliphatic hydroxyl groups is 5. The molecule has 4 rings (SSSR count). The first-order valence-electron chi connectivity index (χ1n) is 13.3. The maximum absolute atomic E-state index is 13.3. The number of methoxy groups -OCH3 is 1. The topological polar surface area (TPSA) is 127 Å². The Bertz CT molecular complexity index is 881. The zero-order valence-corrected chi connectivity index (χ0v) is 22.3. The van der Waals surface area contributed by atoms with Crippen molar-refractivity contribution in [3.05, 3.63) is 11.6 Å². The van der Waals surface area contributed by atoms with Gasteiger partial charge in [0.15, 0.2) is 5.78 Å². The summed E-state index contributed by atoms with van der Waals surface area (Å²) in [6, 6.07) is 0. The normalized spacial score (nSPS) is 46.2. The summed E-state index contributed by atoms with van der Waals surface area (Å²) in [7, 11) is 1.64. The number of hydrogen-bond acceptors (Lipinski definition) is 7. The molecule has 0 aromatic carbocycles. The molecule has 0 heterocycles. The third kappa shape index (κ3) is 3.96. The maximum atomic E-state index is 13.3. The molecule has 0 aliphatic heterocycles. The van der Waals surface area contributed by atoms with Crippen molar-refractivity contribution in [1.29, 1.82) is 0 Å². The summed E-state index contributed by atoms with van der Waals surface area (Å²) < 4.78 is 5.48. The smallest absolute Gasteiger partial charge is 0.159 e. The minimum Gasteiger partial charge on any atom is -0.390 e. The van der Waals surface area contributed by atoms with Crippen LogP contribution in [0, 0.1) is 28.6 Å². The van der Waals surface area contributed by atoms with Gasteiger partial charge in [0.1, 0.15) is 0 Å². The van der Waals surface area contributed by atoms with E-state index in [0.717, 1.165) is 12.0 Å². The standard InChI is InChI=1S/C28H46O7/c1-24(2,35-6)10-9-23(32)27(5,33)22-8-12-28(34)17-13-19(29)18-14-20(30)21(31)15-25(18,3)16(17)7-11-26(22,28)4/h13,16,18,20-23,30-34H,7-12,14-15H2,1-6H3. The van der Waals surface area contributed by atoms with Crippen LogP contribution in [-0.4, -0.2) is 73.5 Å². The highest BCUT2D eigenvalue weighted by molar-refractivity contribution is 5.95. The van der Waals surface area contributed by atoms with Gasteiger partial charge >= 0.3 is 0 Å². The molecular weight excluding hydrogens is 448 g/mol. The highest BCUT2D eigenvalue weighted by atomic mass is 16.5. The van der Waals surface area contributed by atoms with Gasteiger partial charge in [-0.05, 0) is 101 Å². The Hall–Kier alpha value is -0.830. The fourth-order valence-electron chi connectivity index (χ4n) is 8.42. The fraction of sp³-hybridized carbons (Fsp3) is 0.893. The molecule has 3 saturated carbocycles. The van der Waals surface area contributed by atoms with Crippen molar-refractivity contribution in [1.82, 2.24) is 0 Å². The van der Waals surface area contributed by atoms with E-state index in [0.29, 0.717) is 38.5 Å². The second-order valence-electron chi connectivity index (χ2n) is 13.3. The lowest BCUT2D eigenvalue weighted by Crippen LogP contribution is -2.62. The maximum Gasteiger partial charge on any atom is 0.159 e. The highest BCUT2D eigenvalue weighted by Gasteiger charge is 2.69. The molecule has 0 aromatic heterocycles. The third-order valence-electron chi connectivity index (χ3n) is 11.1. The predicted octanol–water partition coefficient (Wildman–Crippen LogP) is 2.51. The van der Waals surface area contributed by atoms with E-state index in [1.807, 2.05) is 27.7 Å². The van der Waals surface area contributed by atoms with Gasteiger partial charge in [0.05, 0.1) is 35.1 Å². The Morgan fingerprint density at radius 1 is 1.11 bits per heavy atom. The van der Waals surface area contributed by atoms with Gasteiger partial charge in [0.25, 0.3) is 0 Å². The van der Waals surface area contributed by atoms with Crippen LogP contribution in [0.4, 0.5) is 0 Å². The summed E-state index contributed by atoms with van der Waals surface area (Å²) in [5.41, 5.74) is -3.58. The van der Waals surface area contributed by atoms with E-state index in [1.54, 1.807) is 20.1 Å². The fourth-order valence-corrected chi connectivity index (χ4v) is 8.42. The van der Waals surface area contributed by atoms with Crippen LogP contribution in [0.2, 0.25) is 0 Å². The van der Waals surface area contributed by atoms with Crippen LogP contribution in [0.1, 0.15) is 86.0 Å². The van der Waals surface area contributed by atoms with E-state index in [9.17, 15) is 30.3 Å². The van der Waals surface area contributed by atoms with Crippen molar-refractivity contribution < 1.29 is 35.1 Å². The number of allylic oxidation sites excluding steroid dienone is 1. The third-order valence-corrected chi connectivity index (χ3v) is 11.1. The van der Waals surface area contributed by atoms with Crippen LogP contribution < -0.4 is 0 Å². The molecule has 0 radical (unpaired) electrons.